The summed E-state index contributed by atoms with van der Waals surface area (Å²) >= 11 is 1.66. The van der Waals surface area contributed by atoms with Gasteiger partial charge in [-0.2, -0.15) is 0 Å². The number of likely N-dealkylation sites (tertiary alicyclic amines) is 1. The molecule has 2 aliphatic rings. The Morgan fingerprint density at radius 3 is 2.58 bits per heavy atom. The van der Waals surface area contributed by atoms with Crippen LogP contribution in [0.15, 0.2) is 47.4 Å². The third-order valence-electron chi connectivity index (χ3n) is 5.16. The Hall–Kier alpha value is -2.20. The fourth-order valence-corrected chi connectivity index (χ4v) is 4.36. The first-order valence-electron chi connectivity index (χ1n) is 9.38. The van der Waals surface area contributed by atoms with Crippen LogP contribution < -0.4 is 0 Å². The predicted molar refractivity (Wildman–Crippen MR) is 108 cm³/mol. The lowest BCUT2D eigenvalue weighted by Gasteiger charge is -2.15. The van der Waals surface area contributed by atoms with Gasteiger partial charge in [0.15, 0.2) is 0 Å². The first-order valence-corrected chi connectivity index (χ1v) is 10.3. The monoisotopic (exact) mass is 364 g/mol. The van der Waals surface area contributed by atoms with Crippen molar-refractivity contribution >= 4 is 22.8 Å². The Morgan fingerprint density at radius 1 is 1.15 bits per heavy atom. The van der Waals surface area contributed by atoms with Gasteiger partial charge in [-0.15, -0.1) is 11.3 Å². The van der Waals surface area contributed by atoms with Gasteiger partial charge >= 0.3 is 0 Å². The number of hydrogen-bond acceptors (Lipinski definition) is 3. The average Bonchev–Trinajstić information content (AvgIpc) is 3.42. The molecule has 0 spiro atoms. The van der Waals surface area contributed by atoms with E-state index in [2.05, 4.69) is 49.6 Å². The molecule has 1 aromatic heterocycles. The van der Waals surface area contributed by atoms with Gasteiger partial charge in [0.1, 0.15) is 5.01 Å². The summed E-state index contributed by atoms with van der Waals surface area (Å²) in [5.74, 6) is 0.740. The van der Waals surface area contributed by atoms with Gasteiger partial charge in [0.25, 0.3) is 0 Å². The number of carbonyl (C=O) groups excluding carboxylic acids is 1. The summed E-state index contributed by atoms with van der Waals surface area (Å²) < 4.78 is 0. The van der Waals surface area contributed by atoms with Crippen LogP contribution in [-0.4, -0.2) is 28.9 Å². The molecule has 4 rings (SSSR count). The molecule has 1 aliphatic heterocycles. The number of nitrogens with zero attached hydrogens (tertiary/aromatic N) is 2. The van der Waals surface area contributed by atoms with E-state index in [1.54, 1.807) is 11.3 Å². The fraction of sp³-hybridized carbons (Fsp3) is 0.364. The van der Waals surface area contributed by atoms with Crippen molar-refractivity contribution in [2.45, 2.75) is 39.0 Å². The minimum atomic E-state index is 0.202. The summed E-state index contributed by atoms with van der Waals surface area (Å²) in [7, 11) is 0. The number of amides is 1. The first-order chi connectivity index (χ1) is 12.6. The van der Waals surface area contributed by atoms with Crippen molar-refractivity contribution in [3.63, 3.8) is 0 Å². The van der Waals surface area contributed by atoms with Crippen molar-refractivity contribution < 1.29 is 4.79 Å². The van der Waals surface area contributed by atoms with Crippen molar-refractivity contribution in [1.29, 1.82) is 0 Å². The maximum absolute atomic E-state index is 12.5. The van der Waals surface area contributed by atoms with Crippen LogP contribution in [0.5, 0.6) is 0 Å². The van der Waals surface area contributed by atoms with Crippen LogP contribution in [0.4, 0.5) is 0 Å². The lowest BCUT2D eigenvalue weighted by molar-refractivity contribution is -0.126. The number of hydrogen-bond donors (Lipinski definition) is 0. The van der Waals surface area contributed by atoms with Crippen LogP contribution in [0.2, 0.25) is 0 Å². The fourth-order valence-electron chi connectivity index (χ4n) is 3.53. The summed E-state index contributed by atoms with van der Waals surface area (Å²) in [5.41, 5.74) is 5.45. The van der Waals surface area contributed by atoms with Crippen molar-refractivity contribution in [2.24, 2.45) is 0 Å². The van der Waals surface area contributed by atoms with Crippen LogP contribution >= 0.6 is 11.3 Å². The highest BCUT2D eigenvalue weighted by atomic mass is 32.1. The van der Waals surface area contributed by atoms with Gasteiger partial charge in [0.2, 0.25) is 5.91 Å². The zero-order valence-electron chi connectivity index (χ0n) is 15.4. The van der Waals surface area contributed by atoms with Crippen LogP contribution in [0, 0.1) is 0 Å². The Balaban J connectivity index is 1.50. The molecular weight excluding hydrogens is 340 g/mol. The molecule has 1 amide bonds. The zero-order valence-corrected chi connectivity index (χ0v) is 16.2. The molecule has 1 aromatic carbocycles. The molecular formula is C22H24N2OS. The van der Waals surface area contributed by atoms with Crippen LogP contribution in [-0.2, 0) is 4.79 Å². The number of rotatable bonds is 4. The van der Waals surface area contributed by atoms with Gasteiger partial charge in [0.05, 0.1) is 5.69 Å². The number of carbonyl (C=O) groups is 1. The van der Waals surface area contributed by atoms with E-state index in [0.29, 0.717) is 5.92 Å². The SMILES string of the molecule is CC(C)c1ccc(-c2nc(C3=CCC(C(=O)N4CCCC4)=C3)cs2)cc1. The summed E-state index contributed by atoms with van der Waals surface area (Å²) in [6.45, 7) is 6.21. The second-order valence-corrected chi connectivity index (χ2v) is 8.21. The lowest BCUT2D eigenvalue weighted by atomic mass is 10.0. The molecule has 0 radical (unpaired) electrons. The molecule has 1 aliphatic carbocycles. The van der Waals surface area contributed by atoms with Crippen LogP contribution in [0.3, 0.4) is 0 Å². The highest BCUT2D eigenvalue weighted by Gasteiger charge is 2.24. The van der Waals surface area contributed by atoms with E-state index < -0.39 is 0 Å². The Kier molecular flexibility index (Phi) is 4.77. The minimum Gasteiger partial charge on any atom is -0.339 e. The molecule has 3 nitrogen and oxygen atoms in total. The Morgan fingerprint density at radius 2 is 1.88 bits per heavy atom. The standard InChI is InChI=1S/C22H24N2OS/c1-15(2)16-5-7-17(8-6-16)21-23-20(14-26-21)18-9-10-19(13-18)22(25)24-11-3-4-12-24/h5-9,13-15H,3-4,10-12H2,1-2H3. The van der Waals surface area contributed by atoms with Crippen LogP contribution in [0.1, 0.15) is 50.3 Å². The van der Waals surface area contributed by atoms with Crippen molar-refractivity contribution in [3.05, 3.63) is 58.6 Å². The van der Waals surface area contributed by atoms with Crippen molar-refractivity contribution in [2.75, 3.05) is 13.1 Å². The lowest BCUT2D eigenvalue weighted by Crippen LogP contribution is -2.28. The summed E-state index contributed by atoms with van der Waals surface area (Å²) in [4.78, 5) is 19.3. The molecule has 134 valence electrons. The Labute approximate surface area is 159 Å². The van der Waals surface area contributed by atoms with E-state index in [1.807, 2.05) is 11.0 Å². The van der Waals surface area contributed by atoms with Gasteiger partial charge in [-0.3, -0.25) is 4.79 Å². The number of allylic oxidation sites excluding steroid dienone is 3. The predicted octanol–water partition coefficient (Wildman–Crippen LogP) is 5.27. The third-order valence-corrected chi connectivity index (χ3v) is 6.06. The van der Waals surface area contributed by atoms with E-state index in [-0.39, 0.29) is 5.91 Å². The highest BCUT2D eigenvalue weighted by Crippen LogP contribution is 2.32. The molecule has 0 saturated carbocycles. The van der Waals surface area contributed by atoms with E-state index in [0.717, 1.165) is 59.8 Å². The van der Waals surface area contributed by atoms with Crippen molar-refractivity contribution in [3.8, 4) is 10.6 Å². The van der Waals surface area contributed by atoms with Crippen molar-refractivity contribution in [1.82, 2.24) is 9.88 Å². The Bertz CT molecular complexity index is 868. The zero-order chi connectivity index (χ0) is 18.1. The number of aromatic nitrogens is 1. The highest BCUT2D eigenvalue weighted by molar-refractivity contribution is 7.13. The quantitative estimate of drug-likeness (QED) is 0.740. The maximum Gasteiger partial charge on any atom is 0.250 e. The molecule has 0 unspecified atom stereocenters. The summed E-state index contributed by atoms with van der Waals surface area (Å²) in [5, 5.41) is 3.13. The molecule has 2 aromatic rings. The summed E-state index contributed by atoms with van der Waals surface area (Å²) in [6, 6.07) is 8.67. The molecule has 0 atom stereocenters. The normalized spacial score (nSPS) is 17.0. The smallest absolute Gasteiger partial charge is 0.250 e. The van der Waals surface area contributed by atoms with E-state index in [4.69, 9.17) is 4.98 Å². The minimum absolute atomic E-state index is 0.202. The van der Waals surface area contributed by atoms with Gasteiger partial charge < -0.3 is 4.90 Å². The molecule has 1 saturated heterocycles. The third kappa shape index (κ3) is 3.38. The van der Waals surface area contributed by atoms with E-state index in [9.17, 15) is 4.79 Å². The van der Waals surface area contributed by atoms with E-state index in [1.165, 1.54) is 5.56 Å². The van der Waals surface area contributed by atoms with Gasteiger partial charge in [-0.1, -0.05) is 44.2 Å². The average molecular weight is 365 g/mol. The summed E-state index contributed by atoms with van der Waals surface area (Å²) in [6.07, 6.45) is 7.14. The van der Waals surface area contributed by atoms with Crippen LogP contribution in [0.25, 0.3) is 16.1 Å². The number of thiazole rings is 1. The van der Waals surface area contributed by atoms with E-state index >= 15 is 0 Å². The molecule has 0 bridgehead atoms. The largest absolute Gasteiger partial charge is 0.339 e. The molecule has 4 heteroatoms. The van der Waals surface area contributed by atoms with Gasteiger partial charge in [0, 0.05) is 29.6 Å². The molecule has 1 fully saturated rings. The second-order valence-electron chi connectivity index (χ2n) is 7.35. The molecule has 0 N–H and O–H groups in total. The van der Waals surface area contributed by atoms with Gasteiger partial charge in [-0.25, -0.2) is 4.98 Å². The molecule has 26 heavy (non-hydrogen) atoms. The van der Waals surface area contributed by atoms with Gasteiger partial charge in [-0.05, 0) is 42.4 Å². The topological polar surface area (TPSA) is 33.2 Å². The number of benzene rings is 1. The second kappa shape index (κ2) is 7.20. The molecule has 2 heterocycles. The maximum atomic E-state index is 12.5. The first kappa shape index (κ1) is 17.2.